The number of benzene rings is 2. The van der Waals surface area contributed by atoms with Gasteiger partial charge in [0.25, 0.3) is 0 Å². The second-order valence-corrected chi connectivity index (χ2v) is 7.95. The van der Waals surface area contributed by atoms with Gasteiger partial charge in [-0.05, 0) is 24.2 Å². The predicted molar refractivity (Wildman–Crippen MR) is 118 cm³/mol. The summed E-state index contributed by atoms with van der Waals surface area (Å²) in [7, 11) is 2.18. The van der Waals surface area contributed by atoms with Gasteiger partial charge in [-0.2, -0.15) is 5.26 Å². The lowest BCUT2D eigenvalue weighted by molar-refractivity contribution is 0.148. The van der Waals surface area contributed by atoms with Gasteiger partial charge in [-0.15, -0.1) is 0 Å². The zero-order valence-corrected chi connectivity index (χ0v) is 17.3. The molecule has 1 aliphatic rings. The first-order chi connectivity index (χ1) is 14.1. The van der Waals surface area contributed by atoms with E-state index < -0.39 is 0 Å². The van der Waals surface area contributed by atoms with Crippen molar-refractivity contribution < 1.29 is 0 Å². The van der Waals surface area contributed by atoms with E-state index >= 15 is 0 Å². The number of nitrogens with one attached hydrogen (secondary N) is 1. The van der Waals surface area contributed by atoms with E-state index in [4.69, 9.17) is 11.6 Å². The van der Waals surface area contributed by atoms with Crippen molar-refractivity contribution in [2.24, 2.45) is 0 Å². The molecule has 1 aliphatic heterocycles. The molecule has 29 heavy (non-hydrogen) atoms. The van der Waals surface area contributed by atoms with Crippen LogP contribution in [0.4, 0.5) is 5.69 Å². The van der Waals surface area contributed by atoms with Crippen LogP contribution in [-0.2, 0) is 13.1 Å². The number of likely N-dealkylation sites (N-methyl/N-ethyl adjacent to an activating group) is 1. The van der Waals surface area contributed by atoms with Crippen molar-refractivity contribution in [3.8, 4) is 6.07 Å². The van der Waals surface area contributed by atoms with Crippen molar-refractivity contribution in [2.75, 3.05) is 38.5 Å². The number of fused-ring (bicyclic) bond motifs is 1. The third kappa shape index (κ3) is 4.51. The first-order valence-corrected chi connectivity index (χ1v) is 10.2. The van der Waals surface area contributed by atoms with Gasteiger partial charge in [0.2, 0.25) is 0 Å². The SMILES string of the molecule is CN1CCN(Cc2ccc(CNc3c(C#N)cnc4c(Cl)cccc34)cc2)CC1. The Hall–Kier alpha value is -2.65. The molecule has 148 valence electrons. The second kappa shape index (κ2) is 8.79. The van der Waals surface area contributed by atoms with Gasteiger partial charge in [-0.3, -0.25) is 9.88 Å². The summed E-state index contributed by atoms with van der Waals surface area (Å²) < 4.78 is 0. The van der Waals surface area contributed by atoms with Gasteiger partial charge in [0.15, 0.2) is 0 Å². The zero-order valence-electron chi connectivity index (χ0n) is 16.5. The number of piperazine rings is 1. The number of pyridine rings is 1. The normalized spacial score (nSPS) is 15.3. The number of nitriles is 1. The van der Waals surface area contributed by atoms with Gasteiger partial charge in [0.05, 0.1) is 21.8 Å². The first kappa shape index (κ1) is 19.7. The molecule has 1 N–H and O–H groups in total. The van der Waals surface area contributed by atoms with E-state index in [2.05, 4.69) is 57.5 Å². The smallest absolute Gasteiger partial charge is 0.103 e. The zero-order chi connectivity index (χ0) is 20.2. The largest absolute Gasteiger partial charge is 0.379 e. The molecule has 2 heterocycles. The first-order valence-electron chi connectivity index (χ1n) is 9.84. The van der Waals surface area contributed by atoms with E-state index in [1.165, 1.54) is 11.1 Å². The van der Waals surface area contributed by atoms with Crippen LogP contribution >= 0.6 is 11.6 Å². The van der Waals surface area contributed by atoms with Gasteiger partial charge in [0, 0.05) is 50.9 Å². The van der Waals surface area contributed by atoms with Gasteiger partial charge in [0.1, 0.15) is 6.07 Å². The minimum atomic E-state index is 0.520. The fourth-order valence-corrected chi connectivity index (χ4v) is 3.90. The van der Waals surface area contributed by atoms with E-state index in [0.29, 0.717) is 22.6 Å². The number of hydrogen-bond donors (Lipinski definition) is 1. The van der Waals surface area contributed by atoms with Gasteiger partial charge >= 0.3 is 0 Å². The average Bonchev–Trinajstić information content (AvgIpc) is 2.75. The summed E-state index contributed by atoms with van der Waals surface area (Å²) >= 11 is 6.27. The lowest BCUT2D eigenvalue weighted by Crippen LogP contribution is -2.43. The quantitative estimate of drug-likeness (QED) is 0.692. The highest BCUT2D eigenvalue weighted by molar-refractivity contribution is 6.35. The summed E-state index contributed by atoms with van der Waals surface area (Å²) in [4.78, 5) is 9.21. The number of anilines is 1. The van der Waals surface area contributed by atoms with Crippen LogP contribution in [0.2, 0.25) is 5.02 Å². The molecule has 0 radical (unpaired) electrons. The van der Waals surface area contributed by atoms with Crippen molar-refractivity contribution in [2.45, 2.75) is 13.1 Å². The molecule has 1 fully saturated rings. The maximum Gasteiger partial charge on any atom is 0.103 e. The molecule has 0 saturated carbocycles. The summed E-state index contributed by atoms with van der Waals surface area (Å²) in [6.45, 7) is 6.13. The molecule has 0 unspecified atom stereocenters. The monoisotopic (exact) mass is 405 g/mol. The summed E-state index contributed by atoms with van der Waals surface area (Å²) in [5.41, 5.74) is 4.51. The van der Waals surface area contributed by atoms with Crippen LogP contribution in [-0.4, -0.2) is 48.0 Å². The van der Waals surface area contributed by atoms with E-state index in [1.807, 2.05) is 18.2 Å². The van der Waals surface area contributed by atoms with Crippen LogP contribution in [0.25, 0.3) is 10.9 Å². The summed E-state index contributed by atoms with van der Waals surface area (Å²) in [6, 6.07) is 16.6. The van der Waals surface area contributed by atoms with E-state index in [0.717, 1.165) is 43.8 Å². The standard InChI is InChI=1S/C23H24ClN5/c1-28-9-11-29(12-10-28)16-18-7-5-17(6-8-18)14-26-22-19(13-25)15-27-23-20(22)3-2-4-21(23)24/h2-8,15H,9-12,14,16H2,1H3,(H,26,27). The van der Waals surface area contributed by atoms with Crippen molar-refractivity contribution in [1.82, 2.24) is 14.8 Å². The minimum absolute atomic E-state index is 0.520. The Morgan fingerprint density at radius 1 is 1.07 bits per heavy atom. The Kier molecular flexibility index (Phi) is 5.96. The highest BCUT2D eigenvalue weighted by Gasteiger charge is 2.14. The molecule has 2 aromatic carbocycles. The van der Waals surface area contributed by atoms with Crippen molar-refractivity contribution in [1.29, 1.82) is 5.26 Å². The van der Waals surface area contributed by atoms with E-state index in [9.17, 15) is 5.26 Å². The molecular weight excluding hydrogens is 382 g/mol. The molecule has 0 atom stereocenters. The van der Waals surface area contributed by atoms with Crippen molar-refractivity contribution in [3.05, 3.63) is 70.4 Å². The lowest BCUT2D eigenvalue weighted by atomic mass is 10.1. The molecule has 3 aromatic rings. The van der Waals surface area contributed by atoms with Crippen LogP contribution in [0.1, 0.15) is 16.7 Å². The maximum atomic E-state index is 9.48. The van der Waals surface area contributed by atoms with Crippen molar-refractivity contribution >= 4 is 28.2 Å². The van der Waals surface area contributed by atoms with Crippen LogP contribution < -0.4 is 5.32 Å². The van der Waals surface area contributed by atoms with Crippen molar-refractivity contribution in [3.63, 3.8) is 0 Å². The fourth-order valence-electron chi connectivity index (χ4n) is 3.68. The number of nitrogens with zero attached hydrogens (tertiary/aromatic N) is 4. The minimum Gasteiger partial charge on any atom is -0.379 e. The molecule has 5 nitrogen and oxygen atoms in total. The lowest BCUT2D eigenvalue weighted by Gasteiger charge is -2.32. The Morgan fingerprint density at radius 3 is 2.52 bits per heavy atom. The number of aromatic nitrogens is 1. The Balaban J connectivity index is 1.46. The van der Waals surface area contributed by atoms with Crippen LogP contribution in [0, 0.1) is 11.3 Å². The van der Waals surface area contributed by atoms with Gasteiger partial charge in [-0.25, -0.2) is 0 Å². The molecule has 0 spiro atoms. The molecule has 0 bridgehead atoms. The number of para-hydroxylation sites is 1. The predicted octanol–water partition coefficient (Wildman–Crippen LogP) is 4.12. The molecule has 0 amide bonds. The fraction of sp³-hybridized carbons (Fsp3) is 0.304. The number of rotatable bonds is 5. The number of halogens is 1. The topological polar surface area (TPSA) is 55.2 Å². The third-order valence-electron chi connectivity index (χ3n) is 5.46. The average molecular weight is 406 g/mol. The summed E-state index contributed by atoms with van der Waals surface area (Å²) in [6.07, 6.45) is 1.58. The van der Waals surface area contributed by atoms with E-state index in [-0.39, 0.29) is 0 Å². The van der Waals surface area contributed by atoms with Crippen LogP contribution in [0.15, 0.2) is 48.7 Å². The molecule has 4 rings (SSSR count). The highest BCUT2D eigenvalue weighted by Crippen LogP contribution is 2.30. The highest BCUT2D eigenvalue weighted by atomic mass is 35.5. The second-order valence-electron chi connectivity index (χ2n) is 7.54. The Morgan fingerprint density at radius 2 is 1.79 bits per heavy atom. The molecule has 6 heteroatoms. The molecule has 0 aliphatic carbocycles. The van der Waals surface area contributed by atoms with Gasteiger partial charge < -0.3 is 10.2 Å². The van der Waals surface area contributed by atoms with E-state index in [1.54, 1.807) is 6.20 Å². The maximum absolute atomic E-state index is 9.48. The van der Waals surface area contributed by atoms with Crippen LogP contribution in [0.3, 0.4) is 0 Å². The molecular formula is C23H24ClN5. The van der Waals surface area contributed by atoms with Gasteiger partial charge in [-0.1, -0.05) is 48.0 Å². The van der Waals surface area contributed by atoms with Crippen LogP contribution in [0.5, 0.6) is 0 Å². The summed E-state index contributed by atoms with van der Waals surface area (Å²) in [5, 5.41) is 14.4. The molecule has 1 aromatic heterocycles. The molecule has 1 saturated heterocycles. The Bertz CT molecular complexity index is 1030. The number of hydrogen-bond acceptors (Lipinski definition) is 5. The third-order valence-corrected chi connectivity index (χ3v) is 5.77. The Labute approximate surface area is 176 Å². The summed E-state index contributed by atoms with van der Waals surface area (Å²) in [5.74, 6) is 0.